The molecule has 1 heterocycles. The molecule has 0 bridgehead atoms. The van der Waals surface area contributed by atoms with Gasteiger partial charge in [0.05, 0.1) is 11.0 Å². The monoisotopic (exact) mass is 266 g/mol. The van der Waals surface area contributed by atoms with Gasteiger partial charge < -0.3 is 15.2 Å². The molecule has 0 spiro atoms. The molecule has 2 aromatic carbocycles. The van der Waals surface area contributed by atoms with E-state index in [9.17, 15) is 0 Å². The van der Waals surface area contributed by atoms with Gasteiger partial charge in [0.25, 0.3) is 0 Å². The van der Waals surface area contributed by atoms with E-state index in [2.05, 4.69) is 27.7 Å². The van der Waals surface area contributed by atoms with Crippen LogP contribution in [0.2, 0.25) is 0 Å². The topological polar surface area (TPSA) is 47.1 Å². The number of nitrogens with two attached hydrogens (primary N) is 1. The third-order valence-corrected chi connectivity index (χ3v) is 3.43. The highest BCUT2D eigenvalue weighted by atomic mass is 15.3. The van der Waals surface area contributed by atoms with Crippen molar-refractivity contribution in [3.63, 3.8) is 0 Å². The Morgan fingerprint density at radius 1 is 1.05 bits per heavy atom. The van der Waals surface area contributed by atoms with Gasteiger partial charge >= 0.3 is 0 Å². The lowest BCUT2D eigenvalue weighted by molar-refractivity contribution is 0.723. The van der Waals surface area contributed by atoms with Crippen LogP contribution in [-0.4, -0.2) is 23.1 Å². The number of imidazole rings is 1. The number of hydrogen-bond acceptors (Lipinski definition) is 3. The number of para-hydroxylation sites is 3. The van der Waals surface area contributed by atoms with Gasteiger partial charge in [-0.25, -0.2) is 4.98 Å². The fourth-order valence-corrected chi connectivity index (χ4v) is 2.44. The predicted molar refractivity (Wildman–Crippen MR) is 83.3 cm³/mol. The third-order valence-electron chi connectivity index (χ3n) is 3.43. The van der Waals surface area contributed by atoms with Crippen LogP contribution in [0.1, 0.15) is 0 Å². The Balaban J connectivity index is 2.12. The molecule has 0 aliphatic rings. The largest absolute Gasteiger partial charge is 0.329 e. The molecule has 0 fully saturated rings. The standard InChI is InChI=1S/C16H18N4/c1-19(13-7-3-2-4-8-13)16-18-14-9-5-6-10-15(14)20(16)12-11-17/h2-10H,11-12,17H2,1H3. The first-order valence-corrected chi connectivity index (χ1v) is 6.75. The summed E-state index contributed by atoms with van der Waals surface area (Å²) in [6.45, 7) is 1.35. The molecule has 0 aliphatic carbocycles. The maximum Gasteiger partial charge on any atom is 0.210 e. The number of benzene rings is 2. The van der Waals surface area contributed by atoms with Gasteiger partial charge in [0.2, 0.25) is 5.95 Å². The van der Waals surface area contributed by atoms with E-state index in [0.29, 0.717) is 6.54 Å². The van der Waals surface area contributed by atoms with E-state index in [1.54, 1.807) is 0 Å². The molecule has 0 aliphatic heterocycles. The fraction of sp³-hybridized carbons (Fsp3) is 0.188. The molecule has 0 atom stereocenters. The molecule has 3 rings (SSSR count). The summed E-state index contributed by atoms with van der Waals surface area (Å²) in [4.78, 5) is 6.83. The lowest BCUT2D eigenvalue weighted by atomic mass is 10.3. The van der Waals surface area contributed by atoms with Crippen LogP contribution in [0.5, 0.6) is 0 Å². The summed E-state index contributed by atoms with van der Waals surface area (Å²) in [5, 5.41) is 0. The van der Waals surface area contributed by atoms with Crippen molar-refractivity contribution in [1.82, 2.24) is 9.55 Å². The highest BCUT2D eigenvalue weighted by Crippen LogP contribution is 2.26. The van der Waals surface area contributed by atoms with Crippen LogP contribution in [0, 0.1) is 0 Å². The van der Waals surface area contributed by atoms with Gasteiger partial charge in [-0.2, -0.15) is 0 Å². The highest BCUT2D eigenvalue weighted by Gasteiger charge is 2.14. The van der Waals surface area contributed by atoms with Gasteiger partial charge in [-0.1, -0.05) is 30.3 Å². The molecule has 20 heavy (non-hydrogen) atoms. The van der Waals surface area contributed by atoms with Crippen molar-refractivity contribution in [3.05, 3.63) is 54.6 Å². The van der Waals surface area contributed by atoms with E-state index in [0.717, 1.165) is 29.2 Å². The molecule has 2 N–H and O–H groups in total. The Kier molecular flexibility index (Phi) is 3.39. The Labute approximate surface area is 118 Å². The van der Waals surface area contributed by atoms with Crippen molar-refractivity contribution in [1.29, 1.82) is 0 Å². The Hall–Kier alpha value is -2.33. The van der Waals surface area contributed by atoms with Gasteiger partial charge in [0.15, 0.2) is 0 Å². The first-order valence-electron chi connectivity index (χ1n) is 6.75. The van der Waals surface area contributed by atoms with Crippen molar-refractivity contribution in [3.8, 4) is 0 Å². The normalized spacial score (nSPS) is 10.9. The number of fused-ring (bicyclic) bond motifs is 1. The summed E-state index contributed by atoms with van der Waals surface area (Å²) in [6, 6.07) is 18.4. The second kappa shape index (κ2) is 5.35. The summed E-state index contributed by atoms with van der Waals surface area (Å²) < 4.78 is 2.17. The van der Waals surface area contributed by atoms with Crippen LogP contribution < -0.4 is 10.6 Å². The predicted octanol–water partition coefficient (Wildman–Crippen LogP) is 2.76. The number of hydrogen-bond donors (Lipinski definition) is 1. The maximum absolute atomic E-state index is 5.75. The van der Waals surface area contributed by atoms with Crippen molar-refractivity contribution in [2.24, 2.45) is 5.73 Å². The summed E-state index contributed by atoms with van der Waals surface area (Å²) in [5.74, 6) is 0.919. The summed E-state index contributed by atoms with van der Waals surface area (Å²) >= 11 is 0. The van der Waals surface area contributed by atoms with Crippen LogP contribution in [-0.2, 0) is 6.54 Å². The highest BCUT2D eigenvalue weighted by molar-refractivity contribution is 5.80. The van der Waals surface area contributed by atoms with Crippen LogP contribution in [0.3, 0.4) is 0 Å². The fourth-order valence-electron chi connectivity index (χ4n) is 2.44. The first kappa shape index (κ1) is 12.7. The first-order chi connectivity index (χ1) is 9.81. The molecule has 0 amide bonds. The minimum Gasteiger partial charge on any atom is -0.329 e. The molecule has 0 saturated heterocycles. The number of aromatic nitrogens is 2. The van der Waals surface area contributed by atoms with Gasteiger partial charge in [-0.05, 0) is 24.3 Å². The summed E-state index contributed by atoms with van der Waals surface area (Å²) in [5.41, 5.74) is 8.98. The quantitative estimate of drug-likeness (QED) is 0.790. The molecule has 0 unspecified atom stereocenters. The smallest absolute Gasteiger partial charge is 0.210 e. The minimum atomic E-state index is 0.593. The average Bonchev–Trinajstić information content (AvgIpc) is 2.87. The second-order valence-corrected chi connectivity index (χ2v) is 4.74. The number of anilines is 2. The second-order valence-electron chi connectivity index (χ2n) is 4.74. The lowest BCUT2D eigenvalue weighted by Crippen LogP contribution is -2.18. The molecule has 102 valence electrons. The van der Waals surface area contributed by atoms with Crippen LogP contribution in [0.15, 0.2) is 54.6 Å². The third kappa shape index (κ3) is 2.14. The van der Waals surface area contributed by atoms with Crippen molar-refractivity contribution >= 4 is 22.7 Å². The van der Waals surface area contributed by atoms with Gasteiger partial charge in [0.1, 0.15) is 0 Å². The summed E-state index contributed by atoms with van der Waals surface area (Å²) in [7, 11) is 2.03. The van der Waals surface area contributed by atoms with E-state index in [1.807, 2.05) is 43.4 Å². The molecule has 4 nitrogen and oxygen atoms in total. The minimum absolute atomic E-state index is 0.593. The van der Waals surface area contributed by atoms with E-state index in [4.69, 9.17) is 10.7 Å². The maximum atomic E-state index is 5.75. The number of rotatable bonds is 4. The molecule has 0 saturated carbocycles. The zero-order valence-corrected chi connectivity index (χ0v) is 11.5. The zero-order valence-electron chi connectivity index (χ0n) is 11.5. The van der Waals surface area contributed by atoms with Gasteiger partial charge in [-0.3, -0.25) is 0 Å². The summed E-state index contributed by atoms with van der Waals surface area (Å²) in [6.07, 6.45) is 0. The van der Waals surface area contributed by atoms with Crippen LogP contribution >= 0.6 is 0 Å². The van der Waals surface area contributed by atoms with Crippen molar-refractivity contribution in [2.75, 3.05) is 18.5 Å². The zero-order chi connectivity index (χ0) is 13.9. The Morgan fingerprint density at radius 2 is 1.75 bits per heavy atom. The molecule has 3 aromatic rings. The molecular weight excluding hydrogens is 248 g/mol. The Bertz CT molecular complexity index is 703. The molecule has 0 radical (unpaired) electrons. The van der Waals surface area contributed by atoms with E-state index >= 15 is 0 Å². The van der Waals surface area contributed by atoms with E-state index in [-0.39, 0.29) is 0 Å². The molecular formula is C16H18N4. The van der Waals surface area contributed by atoms with Crippen LogP contribution in [0.4, 0.5) is 11.6 Å². The van der Waals surface area contributed by atoms with Crippen molar-refractivity contribution in [2.45, 2.75) is 6.54 Å². The van der Waals surface area contributed by atoms with Crippen molar-refractivity contribution < 1.29 is 0 Å². The molecule has 1 aromatic heterocycles. The number of nitrogens with zero attached hydrogens (tertiary/aromatic N) is 3. The van der Waals surface area contributed by atoms with Gasteiger partial charge in [0, 0.05) is 25.8 Å². The van der Waals surface area contributed by atoms with Crippen LogP contribution in [0.25, 0.3) is 11.0 Å². The Morgan fingerprint density at radius 3 is 2.50 bits per heavy atom. The van der Waals surface area contributed by atoms with E-state index < -0.39 is 0 Å². The molecule has 4 heteroatoms. The average molecular weight is 266 g/mol. The van der Waals surface area contributed by atoms with E-state index in [1.165, 1.54) is 0 Å². The lowest BCUT2D eigenvalue weighted by Gasteiger charge is -2.19. The SMILES string of the molecule is CN(c1ccccc1)c1nc2ccccc2n1CCN. The van der Waals surface area contributed by atoms with Gasteiger partial charge in [-0.15, -0.1) is 0 Å².